The molecule has 2 amide bonds. The smallest absolute Gasteiger partial charge is 0.408 e. The van der Waals surface area contributed by atoms with Crippen LogP contribution in [0, 0.1) is 6.92 Å². The number of carboxylic acid groups (broad SMARTS) is 1. The van der Waals surface area contributed by atoms with Gasteiger partial charge in [-0.25, -0.2) is 9.78 Å². The molecule has 32 heavy (non-hydrogen) atoms. The molecule has 1 aliphatic heterocycles. The van der Waals surface area contributed by atoms with Crippen molar-refractivity contribution in [1.29, 1.82) is 0 Å². The summed E-state index contributed by atoms with van der Waals surface area (Å²) in [7, 11) is 0. The van der Waals surface area contributed by atoms with E-state index in [1.165, 1.54) is 0 Å². The third-order valence-electron chi connectivity index (χ3n) is 5.95. The van der Waals surface area contributed by atoms with E-state index in [1.807, 2.05) is 19.1 Å². The highest BCUT2D eigenvalue weighted by Gasteiger charge is 2.33. The average Bonchev–Trinajstić information content (AvgIpc) is 3.52. The molecule has 2 aliphatic rings. The zero-order valence-electron chi connectivity index (χ0n) is 17.3. The number of carbonyl (C=O) groups is 2. The van der Waals surface area contributed by atoms with Crippen LogP contribution in [0.2, 0.25) is 0 Å². The number of nitrogens with one attached hydrogen (secondary N) is 1. The quantitative estimate of drug-likeness (QED) is 0.558. The molecule has 11 heteroatoms. The molecule has 5 rings (SSSR count). The number of ether oxygens (including phenoxy) is 1. The maximum absolute atomic E-state index is 13.3. The van der Waals surface area contributed by atoms with Gasteiger partial charge in [0.2, 0.25) is 11.8 Å². The fourth-order valence-electron chi connectivity index (χ4n) is 4.16. The molecule has 1 saturated carbocycles. The van der Waals surface area contributed by atoms with E-state index in [-0.39, 0.29) is 49.3 Å². The molecular weight excluding hydrogens is 484 g/mol. The highest BCUT2D eigenvalue weighted by molar-refractivity contribution is 9.10. The molecule has 2 N–H and O–H groups in total. The van der Waals surface area contributed by atoms with Crippen molar-refractivity contribution in [2.75, 3.05) is 19.8 Å². The van der Waals surface area contributed by atoms with Gasteiger partial charge in [-0.05, 0) is 37.5 Å². The molecule has 1 atom stereocenters. The molecule has 168 valence electrons. The molecule has 0 bridgehead atoms. The standard InChI is InChI=1S/C21H21BrN4O6/c1-10-13(22)5-4-12-17(10)26(11-2-3-11)20(28)16-18(12)32-15(24-16)8-23-19(27)14-9-31-7-6-25(14)21(29)30/h4-5,11,14H,2-3,6-9H2,1H3,(H,23,27)(H,29,30)/t14-/m1/s1. The van der Waals surface area contributed by atoms with Crippen molar-refractivity contribution in [2.24, 2.45) is 0 Å². The second-order valence-electron chi connectivity index (χ2n) is 8.04. The van der Waals surface area contributed by atoms with Crippen LogP contribution in [0.25, 0.3) is 22.0 Å². The van der Waals surface area contributed by atoms with Crippen molar-refractivity contribution in [1.82, 2.24) is 19.8 Å². The summed E-state index contributed by atoms with van der Waals surface area (Å²) in [6.45, 7) is 2.23. The maximum atomic E-state index is 13.3. The van der Waals surface area contributed by atoms with E-state index in [0.29, 0.717) is 5.58 Å². The predicted molar refractivity (Wildman–Crippen MR) is 118 cm³/mol. The molecule has 0 spiro atoms. The number of hydrogen-bond donors (Lipinski definition) is 2. The summed E-state index contributed by atoms with van der Waals surface area (Å²) < 4.78 is 13.9. The molecule has 3 heterocycles. The third-order valence-corrected chi connectivity index (χ3v) is 6.81. The van der Waals surface area contributed by atoms with Gasteiger partial charge in [0.05, 0.1) is 25.3 Å². The van der Waals surface area contributed by atoms with E-state index in [2.05, 4.69) is 26.2 Å². The normalized spacial score (nSPS) is 18.9. The van der Waals surface area contributed by atoms with Gasteiger partial charge in [-0.2, -0.15) is 0 Å². The molecule has 2 aromatic heterocycles. The summed E-state index contributed by atoms with van der Waals surface area (Å²) >= 11 is 3.54. The van der Waals surface area contributed by atoms with Gasteiger partial charge in [-0.15, -0.1) is 0 Å². The van der Waals surface area contributed by atoms with Crippen LogP contribution in [0.1, 0.15) is 30.3 Å². The van der Waals surface area contributed by atoms with Gasteiger partial charge in [0.15, 0.2) is 11.1 Å². The van der Waals surface area contributed by atoms with Crippen molar-refractivity contribution in [2.45, 2.75) is 38.4 Å². The molecule has 3 aromatic rings. The Bertz CT molecular complexity index is 1310. The summed E-state index contributed by atoms with van der Waals surface area (Å²) in [5, 5.41) is 12.7. The van der Waals surface area contributed by atoms with Crippen LogP contribution in [-0.4, -0.2) is 57.4 Å². The van der Waals surface area contributed by atoms with Gasteiger partial charge in [0.25, 0.3) is 5.56 Å². The fourth-order valence-corrected chi connectivity index (χ4v) is 4.48. The van der Waals surface area contributed by atoms with E-state index >= 15 is 0 Å². The minimum Gasteiger partial charge on any atom is -0.465 e. The van der Waals surface area contributed by atoms with E-state index in [9.17, 15) is 19.5 Å². The van der Waals surface area contributed by atoms with Crippen molar-refractivity contribution in [3.8, 4) is 0 Å². The predicted octanol–water partition coefficient (Wildman–Crippen LogP) is 2.54. The maximum Gasteiger partial charge on any atom is 0.408 e. The Labute approximate surface area is 190 Å². The van der Waals surface area contributed by atoms with E-state index < -0.39 is 18.0 Å². The number of morpholine rings is 1. The van der Waals surface area contributed by atoms with Crippen LogP contribution in [0.3, 0.4) is 0 Å². The Hall–Kier alpha value is -2.92. The Balaban J connectivity index is 1.49. The average molecular weight is 505 g/mol. The lowest BCUT2D eigenvalue weighted by atomic mass is 10.1. The van der Waals surface area contributed by atoms with Gasteiger partial charge >= 0.3 is 6.09 Å². The minimum absolute atomic E-state index is 0.0173. The first-order valence-corrected chi connectivity index (χ1v) is 11.1. The molecule has 0 unspecified atom stereocenters. The summed E-state index contributed by atoms with van der Waals surface area (Å²) in [4.78, 5) is 42.6. The van der Waals surface area contributed by atoms with Crippen LogP contribution in [0.4, 0.5) is 4.79 Å². The number of fused-ring (bicyclic) bond motifs is 3. The molecule has 10 nitrogen and oxygen atoms in total. The lowest BCUT2D eigenvalue weighted by molar-refractivity contribution is -0.131. The third kappa shape index (κ3) is 3.45. The van der Waals surface area contributed by atoms with Crippen LogP contribution < -0.4 is 10.9 Å². The number of oxazole rings is 1. The van der Waals surface area contributed by atoms with E-state index in [1.54, 1.807) is 4.57 Å². The van der Waals surface area contributed by atoms with Gasteiger partial charge in [0, 0.05) is 22.4 Å². The zero-order valence-corrected chi connectivity index (χ0v) is 18.8. The minimum atomic E-state index is -1.18. The summed E-state index contributed by atoms with van der Waals surface area (Å²) in [6.07, 6.45) is 0.706. The van der Waals surface area contributed by atoms with Crippen LogP contribution >= 0.6 is 15.9 Å². The summed E-state index contributed by atoms with van der Waals surface area (Å²) in [6, 6.07) is 3.01. The number of benzene rings is 1. The van der Waals surface area contributed by atoms with E-state index in [0.717, 1.165) is 38.7 Å². The first-order chi connectivity index (χ1) is 15.4. The van der Waals surface area contributed by atoms with Crippen molar-refractivity contribution < 1.29 is 23.8 Å². The van der Waals surface area contributed by atoms with Gasteiger partial charge in [-0.3, -0.25) is 14.5 Å². The SMILES string of the molecule is Cc1c(Br)ccc2c3oc(CNC(=O)[C@H]4COCCN4C(=O)O)nc3c(=O)n(C3CC3)c12. The lowest BCUT2D eigenvalue weighted by Crippen LogP contribution is -2.55. The molecule has 0 radical (unpaired) electrons. The first kappa shape index (κ1) is 21.0. The number of amides is 2. The Morgan fingerprint density at radius 3 is 2.84 bits per heavy atom. The van der Waals surface area contributed by atoms with E-state index in [4.69, 9.17) is 9.15 Å². The number of hydrogen-bond acceptors (Lipinski definition) is 6. The highest BCUT2D eigenvalue weighted by Crippen LogP contribution is 2.39. The number of aromatic nitrogens is 2. The summed E-state index contributed by atoms with van der Waals surface area (Å²) in [5.74, 6) is -0.325. The number of rotatable bonds is 4. The second-order valence-corrected chi connectivity index (χ2v) is 8.90. The number of halogens is 1. The van der Waals surface area contributed by atoms with Gasteiger partial charge in [-0.1, -0.05) is 15.9 Å². The first-order valence-electron chi connectivity index (χ1n) is 10.3. The van der Waals surface area contributed by atoms with Crippen LogP contribution in [0.15, 0.2) is 25.8 Å². The molecule has 2 fully saturated rings. The van der Waals surface area contributed by atoms with Crippen LogP contribution in [0.5, 0.6) is 0 Å². The topological polar surface area (TPSA) is 127 Å². The molecule has 1 aromatic carbocycles. The number of carbonyl (C=O) groups excluding carboxylic acids is 1. The zero-order chi connectivity index (χ0) is 22.6. The monoisotopic (exact) mass is 504 g/mol. The number of nitrogens with zero attached hydrogens (tertiary/aromatic N) is 3. The van der Waals surface area contributed by atoms with Gasteiger partial charge < -0.3 is 24.1 Å². The largest absolute Gasteiger partial charge is 0.465 e. The second kappa shape index (κ2) is 7.89. The number of pyridine rings is 1. The fraction of sp³-hybridized carbons (Fsp3) is 0.429. The van der Waals surface area contributed by atoms with Crippen molar-refractivity contribution in [3.05, 3.63) is 38.4 Å². The lowest BCUT2D eigenvalue weighted by Gasteiger charge is -2.32. The molecular formula is C21H21BrN4O6. The highest BCUT2D eigenvalue weighted by atomic mass is 79.9. The van der Waals surface area contributed by atoms with Gasteiger partial charge in [0.1, 0.15) is 6.04 Å². The molecule has 1 saturated heterocycles. The van der Waals surface area contributed by atoms with Crippen molar-refractivity contribution in [3.63, 3.8) is 0 Å². The number of aryl methyl sites for hydroxylation is 1. The van der Waals surface area contributed by atoms with Crippen molar-refractivity contribution >= 4 is 49.9 Å². The molecule has 1 aliphatic carbocycles. The Kier molecular flexibility index (Phi) is 5.17. The Morgan fingerprint density at radius 1 is 1.34 bits per heavy atom. The Morgan fingerprint density at radius 2 is 2.12 bits per heavy atom. The van der Waals surface area contributed by atoms with Crippen LogP contribution in [-0.2, 0) is 16.1 Å². The summed E-state index contributed by atoms with van der Waals surface area (Å²) in [5.41, 5.74) is 2.17.